The first kappa shape index (κ1) is 24.0. The molecule has 2 fully saturated rings. The Morgan fingerprint density at radius 2 is 2.03 bits per heavy atom. The van der Waals surface area contributed by atoms with Gasteiger partial charge < -0.3 is 29.3 Å². The number of piperazine rings is 1. The summed E-state index contributed by atoms with van der Waals surface area (Å²) in [5.41, 5.74) is 0.864. The number of hydrogen-bond acceptors (Lipinski definition) is 7. The van der Waals surface area contributed by atoms with E-state index in [1.54, 1.807) is 17.0 Å². The molecule has 2 amide bonds. The van der Waals surface area contributed by atoms with Gasteiger partial charge in [0.2, 0.25) is 5.91 Å². The van der Waals surface area contributed by atoms with Crippen LogP contribution in [-0.4, -0.2) is 87.3 Å². The standard InChI is InChI=1S/C21H29FN4O5S/c1-14(2)30-20(32)23-11-16-12-26(21(28)31-16)15-4-5-18(17(22)10-15)24-6-8-25(9-7-24)19(27)13-29-3/h4-5,10,14,16H,6-9,11-13H2,1-3H3,(H,23,32)/t16-/m0/s1. The van der Waals surface area contributed by atoms with Gasteiger partial charge in [0, 0.05) is 33.3 Å². The van der Waals surface area contributed by atoms with Gasteiger partial charge in [-0.1, -0.05) is 0 Å². The van der Waals surface area contributed by atoms with Gasteiger partial charge in [0.25, 0.3) is 5.17 Å². The largest absolute Gasteiger partial charge is 0.468 e. The first-order chi connectivity index (χ1) is 15.3. The molecule has 0 aliphatic carbocycles. The highest BCUT2D eigenvalue weighted by Gasteiger charge is 2.33. The Morgan fingerprint density at radius 3 is 2.66 bits per heavy atom. The number of methoxy groups -OCH3 is 1. The van der Waals surface area contributed by atoms with E-state index in [1.807, 2.05) is 18.7 Å². The molecule has 1 aromatic rings. The quantitative estimate of drug-likeness (QED) is 0.606. The minimum absolute atomic E-state index is 0.0437. The molecule has 1 N–H and O–H groups in total. The van der Waals surface area contributed by atoms with Crippen LogP contribution in [0.4, 0.5) is 20.6 Å². The second-order valence-corrected chi connectivity index (χ2v) is 8.26. The van der Waals surface area contributed by atoms with Crippen molar-refractivity contribution in [3.05, 3.63) is 24.0 Å². The predicted octanol–water partition coefficient (Wildman–Crippen LogP) is 1.75. The second-order valence-electron chi connectivity index (χ2n) is 7.89. The summed E-state index contributed by atoms with van der Waals surface area (Å²) in [6.45, 7) is 6.39. The van der Waals surface area contributed by atoms with Gasteiger partial charge in [-0.3, -0.25) is 9.69 Å². The molecule has 0 unspecified atom stereocenters. The van der Waals surface area contributed by atoms with Crippen LogP contribution in [0, 0.1) is 5.82 Å². The van der Waals surface area contributed by atoms with Crippen molar-refractivity contribution in [2.45, 2.75) is 26.1 Å². The maximum absolute atomic E-state index is 14.9. The average molecular weight is 469 g/mol. The Morgan fingerprint density at radius 1 is 1.31 bits per heavy atom. The number of carbonyl (C=O) groups excluding carboxylic acids is 2. The third-order valence-electron chi connectivity index (χ3n) is 5.17. The van der Waals surface area contributed by atoms with Gasteiger partial charge in [0.1, 0.15) is 18.5 Å². The molecular formula is C21H29FN4O5S. The highest BCUT2D eigenvalue weighted by molar-refractivity contribution is 7.80. The van der Waals surface area contributed by atoms with E-state index in [1.165, 1.54) is 18.1 Å². The number of cyclic esters (lactones) is 1. The number of hydrogen-bond donors (Lipinski definition) is 1. The number of rotatable bonds is 7. The highest BCUT2D eigenvalue weighted by Crippen LogP contribution is 2.28. The van der Waals surface area contributed by atoms with Crippen molar-refractivity contribution >= 4 is 40.8 Å². The average Bonchev–Trinajstić information content (AvgIpc) is 3.12. The maximum Gasteiger partial charge on any atom is 0.414 e. The number of carbonyl (C=O) groups is 2. The zero-order valence-electron chi connectivity index (χ0n) is 18.5. The Kier molecular flexibility index (Phi) is 8.08. The van der Waals surface area contributed by atoms with E-state index < -0.39 is 18.0 Å². The van der Waals surface area contributed by atoms with Crippen molar-refractivity contribution in [1.29, 1.82) is 0 Å². The van der Waals surface area contributed by atoms with Crippen LogP contribution in [0.2, 0.25) is 0 Å². The van der Waals surface area contributed by atoms with Crippen LogP contribution in [0.3, 0.4) is 0 Å². The van der Waals surface area contributed by atoms with E-state index >= 15 is 0 Å². The number of amides is 2. The lowest BCUT2D eigenvalue weighted by molar-refractivity contribution is -0.135. The van der Waals surface area contributed by atoms with Crippen LogP contribution < -0.4 is 15.1 Å². The van der Waals surface area contributed by atoms with Gasteiger partial charge in [-0.2, -0.15) is 0 Å². The van der Waals surface area contributed by atoms with Crippen LogP contribution in [0.15, 0.2) is 18.2 Å². The number of thiocarbonyl (C=S) groups is 1. The van der Waals surface area contributed by atoms with Crippen LogP contribution in [0.1, 0.15) is 13.8 Å². The number of nitrogens with zero attached hydrogens (tertiary/aromatic N) is 3. The predicted molar refractivity (Wildman–Crippen MR) is 122 cm³/mol. The smallest absolute Gasteiger partial charge is 0.414 e. The summed E-state index contributed by atoms with van der Waals surface area (Å²) in [4.78, 5) is 29.2. The highest BCUT2D eigenvalue weighted by atomic mass is 32.1. The van der Waals surface area contributed by atoms with Gasteiger partial charge in [-0.05, 0) is 44.3 Å². The Hall–Kier alpha value is -2.66. The van der Waals surface area contributed by atoms with Gasteiger partial charge in [0.05, 0.1) is 30.6 Å². The molecule has 0 aromatic heterocycles. The lowest BCUT2D eigenvalue weighted by Crippen LogP contribution is -2.50. The maximum atomic E-state index is 14.9. The molecular weight excluding hydrogens is 439 g/mol. The molecule has 3 rings (SSSR count). The third kappa shape index (κ3) is 5.98. The summed E-state index contributed by atoms with van der Waals surface area (Å²) in [5, 5.41) is 3.16. The topological polar surface area (TPSA) is 83.6 Å². The van der Waals surface area contributed by atoms with E-state index in [0.29, 0.717) is 44.1 Å². The molecule has 0 radical (unpaired) electrons. The van der Waals surface area contributed by atoms with E-state index in [2.05, 4.69) is 5.32 Å². The van der Waals surface area contributed by atoms with Crippen molar-refractivity contribution < 1.29 is 28.2 Å². The first-order valence-corrected chi connectivity index (χ1v) is 10.9. The minimum atomic E-state index is -0.537. The summed E-state index contributed by atoms with van der Waals surface area (Å²) >= 11 is 5.08. The van der Waals surface area contributed by atoms with Crippen molar-refractivity contribution in [1.82, 2.24) is 10.2 Å². The van der Waals surface area contributed by atoms with E-state index in [4.69, 9.17) is 26.4 Å². The van der Waals surface area contributed by atoms with Crippen LogP contribution in [0.5, 0.6) is 0 Å². The van der Waals surface area contributed by atoms with Crippen molar-refractivity contribution in [2.24, 2.45) is 0 Å². The fourth-order valence-corrected chi connectivity index (χ4v) is 3.90. The zero-order chi connectivity index (χ0) is 23.3. The lowest BCUT2D eigenvalue weighted by atomic mass is 10.2. The fourth-order valence-electron chi connectivity index (χ4n) is 3.62. The SMILES string of the molecule is COCC(=O)N1CCN(c2ccc(N3C[C@H](CNC(=S)OC(C)C)OC3=O)cc2F)CC1. The van der Waals surface area contributed by atoms with Gasteiger partial charge >= 0.3 is 6.09 Å². The Balaban J connectivity index is 1.56. The molecule has 0 saturated carbocycles. The molecule has 0 spiro atoms. The molecule has 2 saturated heterocycles. The van der Waals surface area contributed by atoms with Gasteiger partial charge in [-0.25, -0.2) is 9.18 Å². The van der Waals surface area contributed by atoms with E-state index in [-0.39, 0.29) is 30.3 Å². The molecule has 11 heteroatoms. The van der Waals surface area contributed by atoms with E-state index in [0.717, 1.165) is 0 Å². The van der Waals surface area contributed by atoms with Crippen LogP contribution in [-0.2, 0) is 19.0 Å². The number of nitrogens with one attached hydrogen (secondary N) is 1. The van der Waals surface area contributed by atoms with Crippen molar-refractivity contribution in [2.75, 3.05) is 62.8 Å². The number of ether oxygens (including phenoxy) is 3. The second kappa shape index (κ2) is 10.8. The molecule has 176 valence electrons. The minimum Gasteiger partial charge on any atom is -0.468 e. The third-order valence-corrected chi connectivity index (χ3v) is 5.42. The van der Waals surface area contributed by atoms with Crippen molar-refractivity contribution in [3.8, 4) is 0 Å². The zero-order valence-corrected chi connectivity index (χ0v) is 19.3. The first-order valence-electron chi connectivity index (χ1n) is 10.5. The Bertz CT molecular complexity index is 847. The number of halogens is 1. The molecule has 1 aromatic carbocycles. The number of benzene rings is 1. The van der Waals surface area contributed by atoms with Gasteiger partial charge in [0.15, 0.2) is 0 Å². The molecule has 2 aliphatic rings. The van der Waals surface area contributed by atoms with Crippen LogP contribution >= 0.6 is 12.2 Å². The molecule has 2 heterocycles. The molecule has 2 aliphatic heterocycles. The molecule has 32 heavy (non-hydrogen) atoms. The summed E-state index contributed by atoms with van der Waals surface area (Å²) in [6.07, 6.45) is -1.02. The Labute approximate surface area is 192 Å². The summed E-state index contributed by atoms with van der Waals surface area (Å²) in [5.74, 6) is -0.504. The lowest BCUT2D eigenvalue weighted by Gasteiger charge is -2.36. The molecule has 0 bridgehead atoms. The number of anilines is 2. The van der Waals surface area contributed by atoms with E-state index in [9.17, 15) is 14.0 Å². The summed E-state index contributed by atoms with van der Waals surface area (Å²) in [6, 6.07) is 4.69. The fraction of sp³-hybridized carbons (Fsp3) is 0.571. The van der Waals surface area contributed by atoms with Crippen molar-refractivity contribution in [3.63, 3.8) is 0 Å². The summed E-state index contributed by atoms with van der Waals surface area (Å²) < 4.78 is 30.5. The molecule has 1 atom stereocenters. The van der Waals surface area contributed by atoms with Crippen LogP contribution in [0.25, 0.3) is 0 Å². The van der Waals surface area contributed by atoms with Gasteiger partial charge in [-0.15, -0.1) is 0 Å². The normalized spacial score (nSPS) is 18.7. The summed E-state index contributed by atoms with van der Waals surface area (Å²) in [7, 11) is 1.48. The monoisotopic (exact) mass is 468 g/mol. The molecule has 9 nitrogen and oxygen atoms in total.